The number of hydrogen-bond acceptors (Lipinski definition) is 2. The van der Waals surface area contributed by atoms with E-state index >= 15 is 0 Å². The zero-order chi connectivity index (χ0) is 8.18. The topological polar surface area (TPSA) is 21.8 Å². The van der Waals surface area contributed by atoms with Crippen molar-refractivity contribution in [3.05, 3.63) is 0 Å². The molecule has 0 aromatic heterocycles. The molecule has 68 valence electrons. The molecule has 0 radical (unpaired) electrons. The van der Waals surface area contributed by atoms with Crippen LogP contribution in [0.25, 0.3) is 0 Å². The van der Waals surface area contributed by atoms with Gasteiger partial charge in [0.1, 0.15) is 0 Å². The molecule has 1 saturated carbocycles. The lowest BCUT2D eigenvalue weighted by molar-refractivity contribution is -0.158. The fourth-order valence-electron chi connectivity index (χ4n) is 2.98. The van der Waals surface area contributed by atoms with Crippen molar-refractivity contribution in [1.29, 1.82) is 0 Å². The van der Waals surface area contributed by atoms with Gasteiger partial charge in [-0.3, -0.25) is 0 Å². The van der Waals surface area contributed by atoms with E-state index in [2.05, 4.69) is 6.92 Å². The lowest BCUT2D eigenvalue weighted by Gasteiger charge is -2.48. The van der Waals surface area contributed by atoms with E-state index in [-0.39, 0.29) is 0 Å². The number of ether oxygens (including phenoxy) is 2. The highest BCUT2D eigenvalue weighted by Gasteiger charge is 2.57. The average Bonchev–Trinajstić information content (AvgIpc) is 2.76. The Morgan fingerprint density at radius 1 is 1.33 bits per heavy atom. The standard InChI is InChI=1S/C10H16O2/c1-2-7-3-8-9(12-8)4-10(7)5-11-6-10/h7-9H,2-6H2,1H3. The van der Waals surface area contributed by atoms with Crippen LogP contribution in [0.1, 0.15) is 26.2 Å². The van der Waals surface area contributed by atoms with Crippen LogP contribution in [0.3, 0.4) is 0 Å². The van der Waals surface area contributed by atoms with Crippen LogP contribution in [0.5, 0.6) is 0 Å². The maximum atomic E-state index is 5.59. The molecule has 0 amide bonds. The molecule has 3 fully saturated rings. The minimum atomic E-state index is 0.534. The Morgan fingerprint density at radius 3 is 2.75 bits per heavy atom. The van der Waals surface area contributed by atoms with Gasteiger partial charge in [0.05, 0.1) is 25.4 Å². The summed E-state index contributed by atoms with van der Waals surface area (Å²) in [5.41, 5.74) is 0.534. The van der Waals surface area contributed by atoms with Crippen LogP contribution in [0, 0.1) is 11.3 Å². The van der Waals surface area contributed by atoms with E-state index in [0.29, 0.717) is 17.6 Å². The number of epoxide rings is 1. The van der Waals surface area contributed by atoms with E-state index in [9.17, 15) is 0 Å². The van der Waals surface area contributed by atoms with Crippen molar-refractivity contribution in [2.24, 2.45) is 11.3 Å². The largest absolute Gasteiger partial charge is 0.380 e. The third-order valence-corrected chi connectivity index (χ3v) is 3.95. The van der Waals surface area contributed by atoms with Gasteiger partial charge >= 0.3 is 0 Å². The van der Waals surface area contributed by atoms with Gasteiger partial charge in [0.15, 0.2) is 0 Å². The van der Waals surface area contributed by atoms with Crippen molar-refractivity contribution >= 4 is 0 Å². The summed E-state index contributed by atoms with van der Waals surface area (Å²) in [7, 11) is 0. The zero-order valence-electron chi connectivity index (χ0n) is 7.58. The van der Waals surface area contributed by atoms with Crippen LogP contribution in [0.2, 0.25) is 0 Å². The molecule has 2 saturated heterocycles. The first kappa shape index (κ1) is 7.34. The Morgan fingerprint density at radius 2 is 2.17 bits per heavy atom. The molecule has 3 rings (SSSR count). The van der Waals surface area contributed by atoms with Crippen LogP contribution < -0.4 is 0 Å². The lowest BCUT2D eigenvalue weighted by atomic mass is 9.64. The van der Waals surface area contributed by atoms with Crippen molar-refractivity contribution in [3.63, 3.8) is 0 Å². The molecule has 2 heteroatoms. The second kappa shape index (κ2) is 2.24. The van der Waals surface area contributed by atoms with Crippen molar-refractivity contribution in [2.75, 3.05) is 13.2 Å². The molecular formula is C10H16O2. The van der Waals surface area contributed by atoms with Crippen LogP contribution in [0.4, 0.5) is 0 Å². The first-order valence-electron chi connectivity index (χ1n) is 5.07. The van der Waals surface area contributed by atoms with Crippen LogP contribution in [-0.2, 0) is 9.47 Å². The van der Waals surface area contributed by atoms with E-state index in [0.717, 1.165) is 19.1 Å². The summed E-state index contributed by atoms with van der Waals surface area (Å²) >= 11 is 0. The second-order valence-electron chi connectivity index (χ2n) is 4.61. The highest BCUT2D eigenvalue weighted by molar-refractivity contribution is 5.05. The van der Waals surface area contributed by atoms with E-state index in [1.165, 1.54) is 19.3 Å². The molecular weight excluding hydrogens is 152 g/mol. The zero-order valence-corrected chi connectivity index (χ0v) is 7.58. The Labute approximate surface area is 73.2 Å². The summed E-state index contributed by atoms with van der Waals surface area (Å²) in [6, 6.07) is 0. The average molecular weight is 168 g/mol. The molecule has 3 aliphatic rings. The summed E-state index contributed by atoms with van der Waals surface area (Å²) in [4.78, 5) is 0. The summed E-state index contributed by atoms with van der Waals surface area (Å²) < 4.78 is 10.9. The first-order valence-corrected chi connectivity index (χ1v) is 5.07. The monoisotopic (exact) mass is 168 g/mol. The Bertz CT molecular complexity index is 198. The van der Waals surface area contributed by atoms with Gasteiger partial charge in [0.2, 0.25) is 0 Å². The summed E-state index contributed by atoms with van der Waals surface area (Å²) in [6.45, 7) is 4.30. The molecule has 0 aromatic carbocycles. The third kappa shape index (κ3) is 0.826. The van der Waals surface area contributed by atoms with Gasteiger partial charge in [0.25, 0.3) is 0 Å². The molecule has 1 spiro atoms. The molecule has 1 aliphatic carbocycles. The van der Waals surface area contributed by atoms with Gasteiger partial charge in [-0.1, -0.05) is 13.3 Å². The van der Waals surface area contributed by atoms with Gasteiger partial charge < -0.3 is 9.47 Å². The molecule has 0 bridgehead atoms. The maximum Gasteiger partial charge on any atom is 0.0849 e. The van der Waals surface area contributed by atoms with Gasteiger partial charge in [-0.05, 0) is 18.8 Å². The summed E-state index contributed by atoms with van der Waals surface area (Å²) in [6.07, 6.45) is 5.11. The van der Waals surface area contributed by atoms with Gasteiger partial charge in [-0.25, -0.2) is 0 Å². The predicted molar refractivity (Wildman–Crippen MR) is 44.9 cm³/mol. The SMILES string of the molecule is CCC1CC2OC2CC12COC2. The molecule has 2 aliphatic heterocycles. The van der Waals surface area contributed by atoms with Crippen LogP contribution >= 0.6 is 0 Å². The highest BCUT2D eigenvalue weighted by atomic mass is 16.6. The van der Waals surface area contributed by atoms with Crippen molar-refractivity contribution in [1.82, 2.24) is 0 Å². The molecule has 0 N–H and O–H groups in total. The molecule has 2 nitrogen and oxygen atoms in total. The Kier molecular flexibility index (Phi) is 1.37. The Hall–Kier alpha value is -0.0800. The lowest BCUT2D eigenvalue weighted by Crippen LogP contribution is -2.51. The number of rotatable bonds is 1. The quantitative estimate of drug-likeness (QED) is 0.555. The minimum absolute atomic E-state index is 0.534. The van der Waals surface area contributed by atoms with Crippen LogP contribution in [-0.4, -0.2) is 25.4 Å². The van der Waals surface area contributed by atoms with Gasteiger partial charge in [-0.2, -0.15) is 0 Å². The highest BCUT2D eigenvalue weighted by Crippen LogP contribution is 2.54. The first-order chi connectivity index (χ1) is 5.84. The smallest absolute Gasteiger partial charge is 0.0849 e. The van der Waals surface area contributed by atoms with E-state index in [1.54, 1.807) is 0 Å². The van der Waals surface area contributed by atoms with E-state index in [4.69, 9.17) is 9.47 Å². The number of fused-ring (bicyclic) bond motifs is 1. The fourth-order valence-corrected chi connectivity index (χ4v) is 2.98. The minimum Gasteiger partial charge on any atom is -0.380 e. The van der Waals surface area contributed by atoms with E-state index in [1.807, 2.05) is 0 Å². The molecule has 3 atom stereocenters. The summed E-state index contributed by atoms with van der Waals surface area (Å²) in [5.74, 6) is 0.870. The molecule has 12 heavy (non-hydrogen) atoms. The van der Waals surface area contributed by atoms with Gasteiger partial charge in [-0.15, -0.1) is 0 Å². The second-order valence-corrected chi connectivity index (χ2v) is 4.61. The third-order valence-electron chi connectivity index (χ3n) is 3.95. The predicted octanol–water partition coefficient (Wildman–Crippen LogP) is 1.59. The van der Waals surface area contributed by atoms with Gasteiger partial charge in [0, 0.05) is 5.41 Å². The summed E-state index contributed by atoms with van der Waals surface area (Å²) in [5, 5.41) is 0. The molecule has 2 heterocycles. The van der Waals surface area contributed by atoms with Crippen molar-refractivity contribution in [3.8, 4) is 0 Å². The fraction of sp³-hybridized carbons (Fsp3) is 1.00. The van der Waals surface area contributed by atoms with Crippen LogP contribution in [0.15, 0.2) is 0 Å². The van der Waals surface area contributed by atoms with Crippen molar-refractivity contribution in [2.45, 2.75) is 38.4 Å². The van der Waals surface area contributed by atoms with Crippen molar-refractivity contribution < 1.29 is 9.47 Å². The normalized spacial score (nSPS) is 48.2. The molecule has 3 unspecified atom stereocenters. The number of hydrogen-bond donors (Lipinski definition) is 0. The Balaban J connectivity index is 1.79. The maximum absolute atomic E-state index is 5.59. The molecule has 0 aromatic rings. The van der Waals surface area contributed by atoms with E-state index < -0.39 is 0 Å².